The summed E-state index contributed by atoms with van der Waals surface area (Å²) in [5, 5.41) is 12.5. The van der Waals surface area contributed by atoms with Crippen LogP contribution in [0.25, 0.3) is 11.4 Å². The number of aryl methyl sites for hydroxylation is 1. The Balaban J connectivity index is 1.47. The number of carbonyl (C=O) groups excluding carboxylic acids is 1. The van der Waals surface area contributed by atoms with Crippen LogP contribution in [-0.2, 0) is 11.2 Å². The van der Waals surface area contributed by atoms with E-state index in [0.717, 1.165) is 42.3 Å². The number of hydrogen-bond acceptors (Lipinski definition) is 6. The number of likely N-dealkylation sites (tertiary alicyclic amines) is 1. The smallest absolute Gasteiger partial charge is 0.321 e. The lowest BCUT2D eigenvalue weighted by Crippen LogP contribution is -2.42. The van der Waals surface area contributed by atoms with Gasteiger partial charge in [-0.15, -0.1) is 0 Å². The number of urea groups is 1. The van der Waals surface area contributed by atoms with E-state index in [-0.39, 0.29) is 12.1 Å². The van der Waals surface area contributed by atoms with Gasteiger partial charge in [0.1, 0.15) is 5.82 Å². The first-order valence-electron chi connectivity index (χ1n) is 10.7. The van der Waals surface area contributed by atoms with Crippen molar-refractivity contribution in [2.45, 2.75) is 32.3 Å². The number of nitrogens with one attached hydrogen (secondary N) is 1. The number of piperidine rings is 1. The zero-order chi connectivity index (χ0) is 20.9. The standard InChI is InChI=1S/C22H29N5O3/c1-2-17-15-20(26-11-13-30-14-12-26)25-21(23-17)16-3-5-18(6-4-16)24-22(29)27-9-7-19(28)8-10-27/h3-6,15,19,28H,2,7-14H2,1H3,(H,24,29). The van der Waals surface area contributed by atoms with Crippen molar-refractivity contribution in [2.24, 2.45) is 0 Å². The average Bonchev–Trinajstić information content (AvgIpc) is 2.80. The van der Waals surface area contributed by atoms with Gasteiger partial charge in [-0.25, -0.2) is 14.8 Å². The molecule has 0 saturated carbocycles. The minimum Gasteiger partial charge on any atom is -0.393 e. The Morgan fingerprint density at radius 2 is 1.83 bits per heavy atom. The van der Waals surface area contributed by atoms with Crippen LogP contribution in [0, 0.1) is 0 Å². The highest BCUT2D eigenvalue weighted by atomic mass is 16.5. The van der Waals surface area contributed by atoms with Crippen LogP contribution in [0.2, 0.25) is 0 Å². The molecular weight excluding hydrogens is 382 g/mol. The number of aliphatic hydroxyl groups is 1. The summed E-state index contributed by atoms with van der Waals surface area (Å²) in [6, 6.07) is 9.55. The van der Waals surface area contributed by atoms with Crippen molar-refractivity contribution in [3.8, 4) is 11.4 Å². The summed E-state index contributed by atoms with van der Waals surface area (Å²) in [6.07, 6.45) is 1.80. The molecule has 0 unspecified atom stereocenters. The van der Waals surface area contributed by atoms with Crippen molar-refractivity contribution in [1.29, 1.82) is 0 Å². The summed E-state index contributed by atoms with van der Waals surface area (Å²) in [5.74, 6) is 1.63. The summed E-state index contributed by atoms with van der Waals surface area (Å²) >= 11 is 0. The number of hydrogen-bond donors (Lipinski definition) is 2. The van der Waals surface area contributed by atoms with Crippen LogP contribution >= 0.6 is 0 Å². The van der Waals surface area contributed by atoms with Gasteiger partial charge < -0.3 is 25.0 Å². The summed E-state index contributed by atoms with van der Waals surface area (Å²) in [4.78, 5) is 25.9. The second-order valence-electron chi connectivity index (χ2n) is 7.72. The molecule has 2 amide bonds. The maximum absolute atomic E-state index is 12.4. The second kappa shape index (κ2) is 9.40. The predicted molar refractivity (Wildman–Crippen MR) is 116 cm³/mol. The molecule has 0 aliphatic carbocycles. The number of carbonyl (C=O) groups is 1. The summed E-state index contributed by atoms with van der Waals surface area (Å²) in [6.45, 7) is 6.33. The molecule has 30 heavy (non-hydrogen) atoms. The number of anilines is 2. The lowest BCUT2D eigenvalue weighted by molar-refractivity contribution is 0.0972. The maximum atomic E-state index is 12.4. The largest absolute Gasteiger partial charge is 0.393 e. The zero-order valence-electron chi connectivity index (χ0n) is 17.4. The van der Waals surface area contributed by atoms with Crippen LogP contribution in [-0.4, -0.2) is 71.5 Å². The molecule has 1 aromatic carbocycles. The van der Waals surface area contributed by atoms with Crippen LogP contribution in [0.3, 0.4) is 0 Å². The van der Waals surface area contributed by atoms with E-state index in [9.17, 15) is 9.90 Å². The topological polar surface area (TPSA) is 90.8 Å². The van der Waals surface area contributed by atoms with Crippen molar-refractivity contribution in [3.63, 3.8) is 0 Å². The Hall–Kier alpha value is -2.71. The van der Waals surface area contributed by atoms with E-state index in [2.05, 4.69) is 23.2 Å². The number of benzene rings is 1. The van der Waals surface area contributed by atoms with Crippen LogP contribution in [0.15, 0.2) is 30.3 Å². The van der Waals surface area contributed by atoms with Crippen molar-refractivity contribution >= 4 is 17.5 Å². The van der Waals surface area contributed by atoms with Crippen molar-refractivity contribution in [1.82, 2.24) is 14.9 Å². The molecule has 0 spiro atoms. The first-order chi connectivity index (χ1) is 14.6. The second-order valence-corrected chi connectivity index (χ2v) is 7.72. The molecule has 8 heteroatoms. The lowest BCUT2D eigenvalue weighted by Gasteiger charge is -2.29. The van der Waals surface area contributed by atoms with Crippen molar-refractivity contribution < 1.29 is 14.6 Å². The Morgan fingerprint density at radius 1 is 1.13 bits per heavy atom. The van der Waals surface area contributed by atoms with Gasteiger partial charge in [-0.2, -0.15) is 0 Å². The molecule has 8 nitrogen and oxygen atoms in total. The number of nitrogens with zero attached hydrogens (tertiary/aromatic N) is 4. The summed E-state index contributed by atoms with van der Waals surface area (Å²) in [5.41, 5.74) is 2.65. The minimum absolute atomic E-state index is 0.131. The normalized spacial score (nSPS) is 17.8. The highest BCUT2D eigenvalue weighted by molar-refractivity contribution is 5.89. The van der Waals surface area contributed by atoms with Gasteiger partial charge in [0.15, 0.2) is 5.82 Å². The highest BCUT2D eigenvalue weighted by Gasteiger charge is 2.21. The van der Waals surface area contributed by atoms with E-state index in [4.69, 9.17) is 14.7 Å². The third-order valence-electron chi connectivity index (χ3n) is 5.61. The molecule has 2 saturated heterocycles. The first kappa shape index (κ1) is 20.6. The molecule has 0 radical (unpaired) electrons. The third-order valence-corrected chi connectivity index (χ3v) is 5.61. The van der Waals surface area contributed by atoms with Gasteiger partial charge in [0.2, 0.25) is 0 Å². The molecule has 0 atom stereocenters. The molecule has 2 aliphatic heterocycles. The van der Waals surface area contributed by atoms with Gasteiger partial charge >= 0.3 is 6.03 Å². The Morgan fingerprint density at radius 3 is 2.50 bits per heavy atom. The van der Waals surface area contributed by atoms with Crippen LogP contribution in [0.1, 0.15) is 25.5 Å². The first-order valence-corrected chi connectivity index (χ1v) is 10.7. The molecule has 160 valence electrons. The number of aromatic nitrogens is 2. The van der Waals surface area contributed by atoms with Gasteiger partial charge in [-0.1, -0.05) is 6.92 Å². The number of morpholine rings is 1. The summed E-state index contributed by atoms with van der Waals surface area (Å²) in [7, 11) is 0. The van der Waals surface area contributed by atoms with E-state index in [1.807, 2.05) is 24.3 Å². The Kier molecular flexibility index (Phi) is 6.44. The molecular formula is C22H29N5O3. The quantitative estimate of drug-likeness (QED) is 0.804. The molecule has 2 aliphatic rings. The number of rotatable bonds is 4. The van der Waals surface area contributed by atoms with E-state index in [0.29, 0.717) is 45.0 Å². The molecule has 2 N–H and O–H groups in total. The Labute approximate surface area is 176 Å². The Bertz CT molecular complexity index is 860. The number of ether oxygens (including phenoxy) is 1. The van der Waals surface area contributed by atoms with E-state index in [1.165, 1.54) is 0 Å². The van der Waals surface area contributed by atoms with Gasteiger partial charge in [-0.3, -0.25) is 0 Å². The van der Waals surface area contributed by atoms with Gasteiger partial charge in [0.05, 0.1) is 19.3 Å². The molecule has 1 aromatic heterocycles. The van der Waals surface area contributed by atoms with Gasteiger partial charge in [-0.05, 0) is 43.5 Å². The molecule has 4 rings (SSSR count). The van der Waals surface area contributed by atoms with E-state index < -0.39 is 0 Å². The minimum atomic E-state index is -0.297. The fourth-order valence-corrected chi connectivity index (χ4v) is 3.72. The fraction of sp³-hybridized carbons (Fsp3) is 0.500. The van der Waals surface area contributed by atoms with E-state index in [1.54, 1.807) is 4.90 Å². The molecule has 2 aromatic rings. The van der Waals surface area contributed by atoms with Crippen LogP contribution < -0.4 is 10.2 Å². The molecule has 0 bridgehead atoms. The third kappa shape index (κ3) is 4.88. The highest BCUT2D eigenvalue weighted by Crippen LogP contribution is 2.23. The number of aliphatic hydroxyl groups excluding tert-OH is 1. The van der Waals surface area contributed by atoms with Crippen molar-refractivity contribution in [2.75, 3.05) is 49.6 Å². The van der Waals surface area contributed by atoms with Crippen LogP contribution in [0.5, 0.6) is 0 Å². The number of amides is 2. The molecule has 3 heterocycles. The maximum Gasteiger partial charge on any atom is 0.321 e. The monoisotopic (exact) mass is 411 g/mol. The lowest BCUT2D eigenvalue weighted by atomic mass is 10.1. The van der Waals surface area contributed by atoms with Gasteiger partial charge in [0.25, 0.3) is 0 Å². The fourth-order valence-electron chi connectivity index (χ4n) is 3.72. The van der Waals surface area contributed by atoms with Crippen LogP contribution in [0.4, 0.5) is 16.3 Å². The zero-order valence-corrected chi connectivity index (χ0v) is 17.4. The summed E-state index contributed by atoms with van der Waals surface area (Å²) < 4.78 is 5.45. The van der Waals surface area contributed by atoms with Crippen molar-refractivity contribution in [3.05, 3.63) is 36.0 Å². The SMILES string of the molecule is CCc1cc(N2CCOCC2)nc(-c2ccc(NC(=O)N3CCC(O)CC3)cc2)n1. The average molecular weight is 412 g/mol. The van der Waals surface area contributed by atoms with Gasteiger partial charge in [0, 0.05) is 49.2 Å². The predicted octanol–water partition coefficient (Wildman–Crippen LogP) is 2.53. The molecule has 2 fully saturated rings. The van der Waals surface area contributed by atoms with E-state index >= 15 is 0 Å².